The average molecular weight is 508 g/mol. The second-order valence-electron chi connectivity index (χ2n) is 8.96. The van der Waals surface area contributed by atoms with E-state index in [4.69, 9.17) is 15.6 Å². The van der Waals surface area contributed by atoms with Gasteiger partial charge in [0, 0.05) is 29.7 Å². The molecule has 0 spiro atoms. The monoisotopic (exact) mass is 507 g/mol. The highest BCUT2D eigenvalue weighted by atomic mass is 16.5. The standard InChI is InChI=1S/C27H25N9O2/c1-15-9-10-35-22(15)27(37)36(18-7-5-4-6-8-18)25(34-35)16(2)33-24-21-19(13-29-23(21)31-14-32-24)17-11-20(28)26(38-3)30-12-17/h4-14,16H,28H2,1-3H3,(H2,29,31,32,33). The van der Waals surface area contributed by atoms with Crippen molar-refractivity contribution in [3.8, 4) is 22.7 Å². The predicted molar refractivity (Wildman–Crippen MR) is 146 cm³/mol. The van der Waals surface area contributed by atoms with Gasteiger partial charge in [-0.2, -0.15) is 5.10 Å². The predicted octanol–water partition coefficient (Wildman–Crippen LogP) is 3.89. The van der Waals surface area contributed by atoms with Crippen LogP contribution in [0.3, 0.4) is 0 Å². The van der Waals surface area contributed by atoms with Gasteiger partial charge in [-0.05, 0) is 43.7 Å². The second-order valence-corrected chi connectivity index (χ2v) is 8.96. The number of H-pyrrole nitrogens is 1. The summed E-state index contributed by atoms with van der Waals surface area (Å²) in [5.41, 5.74) is 10.8. The van der Waals surface area contributed by atoms with Gasteiger partial charge in [-0.25, -0.2) is 19.5 Å². The molecule has 11 nitrogen and oxygen atoms in total. The Morgan fingerprint density at radius 2 is 1.95 bits per heavy atom. The molecule has 0 saturated carbocycles. The average Bonchev–Trinajstić information content (AvgIpc) is 3.53. The van der Waals surface area contributed by atoms with E-state index in [1.54, 1.807) is 27.5 Å². The van der Waals surface area contributed by atoms with Crippen LogP contribution in [0.15, 0.2) is 72.2 Å². The van der Waals surface area contributed by atoms with E-state index >= 15 is 0 Å². The molecular weight excluding hydrogens is 482 g/mol. The highest BCUT2D eigenvalue weighted by molar-refractivity contribution is 6.01. The fraction of sp³-hybridized carbons (Fsp3) is 0.148. The normalized spacial score (nSPS) is 12.2. The Kier molecular flexibility index (Phi) is 5.52. The number of methoxy groups -OCH3 is 1. The molecule has 0 aliphatic carbocycles. The van der Waals surface area contributed by atoms with Crippen LogP contribution in [0.2, 0.25) is 0 Å². The van der Waals surface area contributed by atoms with Crippen molar-refractivity contribution in [2.45, 2.75) is 19.9 Å². The van der Waals surface area contributed by atoms with E-state index in [0.29, 0.717) is 34.4 Å². The number of hydrogen-bond acceptors (Lipinski definition) is 8. The molecule has 1 aromatic carbocycles. The number of ether oxygens (including phenoxy) is 1. The summed E-state index contributed by atoms with van der Waals surface area (Å²) in [6.45, 7) is 3.84. The van der Waals surface area contributed by atoms with E-state index in [1.807, 2.05) is 56.4 Å². The molecule has 6 aromatic rings. The zero-order chi connectivity index (χ0) is 26.4. The minimum Gasteiger partial charge on any atom is -0.480 e. The van der Waals surface area contributed by atoms with Gasteiger partial charge in [0.05, 0.1) is 29.9 Å². The molecule has 5 heterocycles. The van der Waals surface area contributed by atoms with Crippen LogP contribution in [0.4, 0.5) is 11.5 Å². The molecule has 38 heavy (non-hydrogen) atoms. The number of rotatable bonds is 6. The third kappa shape index (κ3) is 3.72. The summed E-state index contributed by atoms with van der Waals surface area (Å²) in [6.07, 6.45) is 6.81. The Hall–Kier alpha value is -5.19. The summed E-state index contributed by atoms with van der Waals surface area (Å²) in [4.78, 5) is 30.1. The summed E-state index contributed by atoms with van der Waals surface area (Å²) in [7, 11) is 1.52. The largest absolute Gasteiger partial charge is 0.480 e. The zero-order valence-electron chi connectivity index (χ0n) is 21.0. The Labute approximate surface area is 217 Å². The molecule has 0 bridgehead atoms. The van der Waals surface area contributed by atoms with Crippen LogP contribution in [0.1, 0.15) is 24.4 Å². The van der Waals surface area contributed by atoms with Crippen LogP contribution in [0, 0.1) is 6.92 Å². The maximum Gasteiger partial charge on any atom is 0.282 e. The number of anilines is 2. The van der Waals surface area contributed by atoms with Gasteiger partial charge in [0.2, 0.25) is 5.88 Å². The van der Waals surface area contributed by atoms with Gasteiger partial charge in [0.25, 0.3) is 5.56 Å². The second kappa shape index (κ2) is 9.04. The summed E-state index contributed by atoms with van der Waals surface area (Å²) in [5, 5.41) is 9.06. The number of aryl methyl sites for hydroxylation is 1. The lowest BCUT2D eigenvalue weighted by Crippen LogP contribution is -2.29. The number of nitrogens with one attached hydrogen (secondary N) is 2. The lowest BCUT2D eigenvalue weighted by atomic mass is 10.1. The zero-order valence-corrected chi connectivity index (χ0v) is 21.0. The summed E-state index contributed by atoms with van der Waals surface area (Å²) >= 11 is 0. The lowest BCUT2D eigenvalue weighted by Gasteiger charge is -2.20. The molecule has 6 rings (SSSR count). The Morgan fingerprint density at radius 3 is 2.71 bits per heavy atom. The van der Waals surface area contributed by atoms with Crippen LogP contribution in [-0.2, 0) is 0 Å². The Balaban J connectivity index is 1.48. The maximum atomic E-state index is 13.7. The number of para-hydroxylation sites is 1. The number of nitrogen functional groups attached to an aromatic ring is 1. The van der Waals surface area contributed by atoms with Crippen molar-refractivity contribution >= 4 is 28.1 Å². The van der Waals surface area contributed by atoms with Crippen molar-refractivity contribution in [2.24, 2.45) is 0 Å². The molecule has 0 aliphatic rings. The van der Waals surface area contributed by atoms with E-state index in [0.717, 1.165) is 27.8 Å². The molecule has 0 radical (unpaired) electrons. The number of fused-ring (bicyclic) bond motifs is 2. The Bertz CT molecular complexity index is 1850. The summed E-state index contributed by atoms with van der Waals surface area (Å²) in [5.74, 6) is 1.46. The molecule has 11 heteroatoms. The van der Waals surface area contributed by atoms with E-state index < -0.39 is 6.04 Å². The molecule has 1 atom stereocenters. The fourth-order valence-electron chi connectivity index (χ4n) is 4.70. The molecule has 5 aromatic heterocycles. The number of aromatic nitrogens is 7. The van der Waals surface area contributed by atoms with Gasteiger partial charge < -0.3 is 20.8 Å². The van der Waals surface area contributed by atoms with Crippen LogP contribution in [0.25, 0.3) is 33.4 Å². The van der Waals surface area contributed by atoms with Gasteiger partial charge in [-0.1, -0.05) is 18.2 Å². The van der Waals surface area contributed by atoms with E-state index in [1.165, 1.54) is 13.4 Å². The summed E-state index contributed by atoms with van der Waals surface area (Å²) < 4.78 is 8.48. The van der Waals surface area contributed by atoms with Crippen molar-refractivity contribution in [3.63, 3.8) is 0 Å². The third-order valence-electron chi connectivity index (χ3n) is 6.52. The Morgan fingerprint density at radius 1 is 1.13 bits per heavy atom. The van der Waals surface area contributed by atoms with Crippen LogP contribution < -0.4 is 21.3 Å². The number of benzene rings is 1. The summed E-state index contributed by atoms with van der Waals surface area (Å²) in [6, 6.07) is 12.8. The van der Waals surface area contributed by atoms with Crippen molar-refractivity contribution in [3.05, 3.63) is 89.1 Å². The highest BCUT2D eigenvalue weighted by Crippen LogP contribution is 2.35. The third-order valence-corrected chi connectivity index (χ3v) is 6.52. The smallest absolute Gasteiger partial charge is 0.282 e. The van der Waals surface area contributed by atoms with Crippen LogP contribution in [-0.4, -0.2) is 41.2 Å². The number of nitrogens with two attached hydrogens (primary N) is 1. The number of pyridine rings is 1. The van der Waals surface area contributed by atoms with Gasteiger partial charge in [-0.15, -0.1) is 0 Å². The van der Waals surface area contributed by atoms with Crippen LogP contribution in [0.5, 0.6) is 5.88 Å². The first-order valence-electron chi connectivity index (χ1n) is 12.0. The topological polar surface area (TPSA) is 141 Å². The SMILES string of the molecule is COc1ncc(-c2c[nH]c3ncnc(NC(C)c4nn5ccc(C)c5c(=O)n4-c4ccccc4)c23)cc1N. The maximum absolute atomic E-state index is 13.7. The highest BCUT2D eigenvalue weighted by Gasteiger charge is 2.22. The van der Waals surface area contributed by atoms with E-state index in [-0.39, 0.29) is 5.56 Å². The van der Waals surface area contributed by atoms with Crippen molar-refractivity contribution in [2.75, 3.05) is 18.2 Å². The first-order valence-corrected chi connectivity index (χ1v) is 12.0. The van der Waals surface area contributed by atoms with Crippen molar-refractivity contribution < 1.29 is 4.74 Å². The van der Waals surface area contributed by atoms with Crippen molar-refractivity contribution in [1.29, 1.82) is 0 Å². The fourth-order valence-corrected chi connectivity index (χ4v) is 4.70. The molecule has 0 saturated heterocycles. The molecular formula is C27H25N9O2. The molecule has 1 unspecified atom stereocenters. The molecule has 0 amide bonds. The van der Waals surface area contributed by atoms with E-state index in [9.17, 15) is 4.79 Å². The minimum absolute atomic E-state index is 0.146. The number of aromatic amines is 1. The van der Waals surface area contributed by atoms with Gasteiger partial charge >= 0.3 is 0 Å². The lowest BCUT2D eigenvalue weighted by molar-refractivity contribution is 0.400. The van der Waals surface area contributed by atoms with Crippen molar-refractivity contribution in [1.82, 2.24) is 34.1 Å². The van der Waals surface area contributed by atoms with E-state index in [2.05, 4.69) is 25.3 Å². The first kappa shape index (κ1) is 23.2. The quantitative estimate of drug-likeness (QED) is 0.308. The van der Waals surface area contributed by atoms with Gasteiger partial charge in [-0.3, -0.25) is 9.36 Å². The van der Waals surface area contributed by atoms with Crippen LogP contribution >= 0.6 is 0 Å². The number of nitrogens with zero attached hydrogens (tertiary/aromatic N) is 6. The molecule has 0 fully saturated rings. The first-order chi connectivity index (χ1) is 18.5. The molecule has 0 aliphatic heterocycles. The van der Waals surface area contributed by atoms with Gasteiger partial charge in [0.1, 0.15) is 23.3 Å². The molecule has 4 N–H and O–H groups in total. The minimum atomic E-state index is -0.407. The van der Waals surface area contributed by atoms with Gasteiger partial charge in [0.15, 0.2) is 5.82 Å². The molecule has 190 valence electrons. The number of hydrogen-bond donors (Lipinski definition) is 3.